The van der Waals surface area contributed by atoms with Crippen molar-refractivity contribution in [2.45, 2.75) is 26.4 Å². The van der Waals surface area contributed by atoms with E-state index >= 15 is 0 Å². The van der Waals surface area contributed by atoms with Gasteiger partial charge in [0.25, 0.3) is 0 Å². The van der Waals surface area contributed by atoms with E-state index in [2.05, 4.69) is 19.2 Å². The minimum Gasteiger partial charge on any atom is -0.384 e. The van der Waals surface area contributed by atoms with Gasteiger partial charge in [0.05, 0.1) is 5.69 Å². The monoisotopic (exact) mass is 299 g/mol. The number of fused-ring (bicyclic) bond motifs is 1. The van der Waals surface area contributed by atoms with Crippen LogP contribution >= 0.6 is 9.24 Å². The van der Waals surface area contributed by atoms with Crippen molar-refractivity contribution in [2.75, 3.05) is 0 Å². The first kappa shape index (κ1) is 14.2. The molecule has 0 aliphatic heterocycles. The molecule has 0 radical (unpaired) electrons. The number of aryl methyl sites for hydroxylation is 1. The molecule has 4 nitrogen and oxygen atoms in total. The zero-order chi connectivity index (χ0) is 15.2. The van der Waals surface area contributed by atoms with Crippen LogP contribution in [0.15, 0.2) is 36.4 Å². The molecule has 5 heteroatoms. The van der Waals surface area contributed by atoms with Crippen LogP contribution in [0.5, 0.6) is 0 Å². The van der Waals surface area contributed by atoms with E-state index in [0.717, 1.165) is 28.0 Å². The summed E-state index contributed by atoms with van der Waals surface area (Å²) >= 11 is 0. The summed E-state index contributed by atoms with van der Waals surface area (Å²) < 4.78 is 2.01. The molecule has 0 fully saturated rings. The van der Waals surface area contributed by atoms with Gasteiger partial charge in [-0.25, -0.2) is 9.97 Å². The highest BCUT2D eigenvalue weighted by molar-refractivity contribution is 7.27. The number of imidazole rings is 1. The Hall–Kier alpha value is -1.77. The largest absolute Gasteiger partial charge is 0.384 e. The molecule has 1 aromatic carbocycles. The van der Waals surface area contributed by atoms with Crippen molar-refractivity contribution in [1.82, 2.24) is 14.5 Å². The van der Waals surface area contributed by atoms with E-state index in [4.69, 9.17) is 0 Å². The van der Waals surface area contributed by atoms with Gasteiger partial charge in [-0.05, 0) is 50.3 Å². The first-order valence-electron chi connectivity index (χ1n) is 6.81. The lowest BCUT2D eigenvalue weighted by molar-refractivity contribution is 0.0741. The summed E-state index contributed by atoms with van der Waals surface area (Å²) in [5.74, 6) is 0.877. The summed E-state index contributed by atoms with van der Waals surface area (Å²) in [6.45, 7) is 5.43. The molecule has 2 aromatic heterocycles. The Bertz CT molecular complexity index is 801. The van der Waals surface area contributed by atoms with Crippen LogP contribution in [0.3, 0.4) is 0 Å². The van der Waals surface area contributed by atoms with Gasteiger partial charge in [0.2, 0.25) is 0 Å². The van der Waals surface area contributed by atoms with E-state index in [0.29, 0.717) is 5.69 Å². The van der Waals surface area contributed by atoms with Crippen LogP contribution in [0.4, 0.5) is 0 Å². The first-order chi connectivity index (χ1) is 9.86. The molecule has 1 unspecified atom stereocenters. The molecule has 3 aromatic rings. The van der Waals surface area contributed by atoms with Crippen molar-refractivity contribution in [3.63, 3.8) is 0 Å². The maximum Gasteiger partial charge on any atom is 0.165 e. The van der Waals surface area contributed by atoms with Crippen LogP contribution in [0.1, 0.15) is 25.4 Å². The average Bonchev–Trinajstić information content (AvgIpc) is 2.74. The number of hydrogen-bond acceptors (Lipinski definition) is 3. The van der Waals surface area contributed by atoms with Crippen LogP contribution in [0.25, 0.3) is 16.9 Å². The maximum atomic E-state index is 10.2. The van der Waals surface area contributed by atoms with Gasteiger partial charge in [0.1, 0.15) is 16.9 Å². The fourth-order valence-corrected chi connectivity index (χ4v) is 2.54. The van der Waals surface area contributed by atoms with Gasteiger partial charge in [0, 0.05) is 5.69 Å². The first-order valence-corrected chi connectivity index (χ1v) is 7.39. The van der Waals surface area contributed by atoms with Gasteiger partial charge in [-0.3, -0.25) is 4.57 Å². The molecular formula is C16H18N3OP. The summed E-state index contributed by atoms with van der Waals surface area (Å²) in [5.41, 5.74) is 2.28. The Morgan fingerprint density at radius 1 is 1.05 bits per heavy atom. The molecule has 0 bridgehead atoms. The molecule has 0 saturated heterocycles. The van der Waals surface area contributed by atoms with Crippen molar-refractivity contribution in [3.05, 3.63) is 47.9 Å². The summed E-state index contributed by atoms with van der Waals surface area (Å²) in [5, 5.41) is 11.3. The van der Waals surface area contributed by atoms with Crippen LogP contribution < -0.4 is 5.30 Å². The number of aromatic nitrogens is 3. The molecular weight excluding hydrogens is 281 g/mol. The third-order valence-corrected chi connectivity index (χ3v) is 3.84. The fraction of sp³-hybridized carbons (Fsp3) is 0.250. The van der Waals surface area contributed by atoms with Gasteiger partial charge < -0.3 is 5.11 Å². The molecule has 21 heavy (non-hydrogen) atoms. The number of rotatable bonds is 2. The molecule has 0 amide bonds. The summed E-state index contributed by atoms with van der Waals surface area (Å²) in [7, 11) is 2.68. The summed E-state index contributed by atoms with van der Waals surface area (Å²) in [6.07, 6.45) is 0. The number of nitrogens with zero attached hydrogens (tertiary/aromatic N) is 3. The molecule has 1 atom stereocenters. The smallest absolute Gasteiger partial charge is 0.165 e. The minimum absolute atomic E-state index is 0.638. The molecule has 3 rings (SSSR count). The number of benzene rings is 1. The summed E-state index contributed by atoms with van der Waals surface area (Å²) in [4.78, 5) is 9.16. The van der Waals surface area contributed by atoms with E-state index < -0.39 is 5.60 Å². The standard InChI is InChI=1S/C16H18N3OP/c1-10-17-13-8-9-14(16(2,3)20)18-15(13)19(10)11-4-6-12(21)7-5-11/h4-9,20H,21H2,1-3H3. The van der Waals surface area contributed by atoms with E-state index in [1.54, 1.807) is 13.8 Å². The van der Waals surface area contributed by atoms with Gasteiger partial charge >= 0.3 is 0 Å². The van der Waals surface area contributed by atoms with E-state index in [9.17, 15) is 5.11 Å². The van der Waals surface area contributed by atoms with E-state index in [1.807, 2.05) is 47.9 Å². The van der Waals surface area contributed by atoms with Crippen LogP contribution in [-0.4, -0.2) is 19.6 Å². The Balaban J connectivity index is 2.26. The molecule has 0 aliphatic carbocycles. The predicted molar refractivity (Wildman–Crippen MR) is 88.2 cm³/mol. The van der Waals surface area contributed by atoms with E-state index in [-0.39, 0.29) is 0 Å². The molecule has 0 spiro atoms. The zero-order valence-electron chi connectivity index (χ0n) is 12.3. The van der Waals surface area contributed by atoms with Crippen molar-refractivity contribution < 1.29 is 5.11 Å². The van der Waals surface area contributed by atoms with Crippen molar-refractivity contribution in [1.29, 1.82) is 0 Å². The fourth-order valence-electron chi connectivity index (χ4n) is 2.34. The molecule has 1 N–H and O–H groups in total. The second-order valence-electron chi connectivity index (χ2n) is 5.68. The number of hydrogen-bond donors (Lipinski definition) is 1. The maximum absolute atomic E-state index is 10.2. The number of aliphatic hydroxyl groups is 1. The molecule has 2 heterocycles. The Labute approximate surface area is 126 Å². The quantitative estimate of drug-likeness (QED) is 0.740. The average molecular weight is 299 g/mol. The van der Waals surface area contributed by atoms with Gasteiger partial charge in [0.15, 0.2) is 5.65 Å². The topological polar surface area (TPSA) is 50.9 Å². The second kappa shape index (κ2) is 4.90. The van der Waals surface area contributed by atoms with Crippen molar-refractivity contribution in [2.24, 2.45) is 0 Å². The zero-order valence-corrected chi connectivity index (χ0v) is 13.5. The molecule has 0 saturated carbocycles. The SMILES string of the molecule is Cc1nc2ccc(C(C)(C)O)nc2n1-c1ccc(P)cc1. The molecule has 0 aliphatic rings. The highest BCUT2D eigenvalue weighted by atomic mass is 31.0. The third kappa shape index (κ3) is 2.57. The Morgan fingerprint density at radius 2 is 1.71 bits per heavy atom. The highest BCUT2D eigenvalue weighted by Gasteiger charge is 2.20. The lowest BCUT2D eigenvalue weighted by Gasteiger charge is -2.16. The Morgan fingerprint density at radius 3 is 2.33 bits per heavy atom. The lowest BCUT2D eigenvalue weighted by atomic mass is 10.1. The Kier molecular flexibility index (Phi) is 3.31. The highest BCUT2D eigenvalue weighted by Crippen LogP contribution is 2.24. The predicted octanol–water partition coefficient (Wildman–Crippen LogP) is 2.46. The third-order valence-electron chi connectivity index (χ3n) is 3.45. The van der Waals surface area contributed by atoms with Crippen molar-refractivity contribution >= 4 is 25.7 Å². The number of pyridine rings is 1. The second-order valence-corrected chi connectivity index (χ2v) is 6.35. The van der Waals surface area contributed by atoms with Crippen LogP contribution in [-0.2, 0) is 5.60 Å². The summed E-state index contributed by atoms with van der Waals surface area (Å²) in [6, 6.07) is 11.9. The normalized spacial score (nSPS) is 12.0. The minimum atomic E-state index is -0.971. The lowest BCUT2D eigenvalue weighted by Crippen LogP contribution is -2.17. The van der Waals surface area contributed by atoms with Crippen LogP contribution in [0, 0.1) is 6.92 Å². The van der Waals surface area contributed by atoms with Gasteiger partial charge in [-0.2, -0.15) is 0 Å². The van der Waals surface area contributed by atoms with E-state index in [1.165, 1.54) is 0 Å². The molecule has 108 valence electrons. The van der Waals surface area contributed by atoms with Crippen molar-refractivity contribution in [3.8, 4) is 5.69 Å². The van der Waals surface area contributed by atoms with Gasteiger partial charge in [-0.1, -0.05) is 12.1 Å². The van der Waals surface area contributed by atoms with Gasteiger partial charge in [-0.15, -0.1) is 9.24 Å². The van der Waals surface area contributed by atoms with Crippen LogP contribution in [0.2, 0.25) is 0 Å².